The molecule has 3 aliphatic rings. The maximum Gasteiger partial charge on any atom is 0.234 e. The highest BCUT2D eigenvalue weighted by Gasteiger charge is 2.69. The first-order valence-corrected chi connectivity index (χ1v) is 9.41. The first-order chi connectivity index (χ1) is 12.8. The standard InChI is InChI=1S/C22H25NO4/c1-12(2)11-17-22-10-9-16(27-22)18(21(25)26)19(22)20(24)23(17)15-7-5-14(6-8-15)13(3)4/h5-10,13,16-19H,1,11H2,2-4H3,(H,25,26)/p-1/t16-,17-,18+,19-,22-/m1/s1. The minimum absolute atomic E-state index is 0.209. The number of carbonyl (C=O) groups is 2. The average molecular weight is 366 g/mol. The van der Waals surface area contributed by atoms with Crippen LogP contribution < -0.4 is 10.0 Å². The van der Waals surface area contributed by atoms with E-state index in [-0.39, 0.29) is 11.9 Å². The molecule has 2 bridgehead atoms. The second kappa shape index (κ2) is 6.06. The van der Waals surface area contributed by atoms with Crippen LogP contribution in [0.4, 0.5) is 5.69 Å². The molecular formula is C22H24NO4-. The summed E-state index contributed by atoms with van der Waals surface area (Å²) in [4.78, 5) is 26.9. The van der Waals surface area contributed by atoms with Gasteiger partial charge in [0.05, 0.1) is 18.1 Å². The largest absolute Gasteiger partial charge is 0.550 e. The Morgan fingerprint density at radius 2 is 2.00 bits per heavy atom. The van der Waals surface area contributed by atoms with Crippen LogP contribution >= 0.6 is 0 Å². The van der Waals surface area contributed by atoms with Crippen LogP contribution in [0.2, 0.25) is 0 Å². The van der Waals surface area contributed by atoms with Gasteiger partial charge in [0.15, 0.2) is 0 Å². The van der Waals surface area contributed by atoms with Crippen LogP contribution in [0.5, 0.6) is 0 Å². The molecule has 0 unspecified atom stereocenters. The Hall–Kier alpha value is -2.40. The number of rotatable bonds is 5. The number of nitrogens with zero attached hydrogens (tertiary/aromatic N) is 1. The molecule has 1 amide bonds. The minimum atomic E-state index is -1.23. The van der Waals surface area contributed by atoms with Crippen molar-refractivity contribution in [2.45, 2.75) is 50.9 Å². The van der Waals surface area contributed by atoms with E-state index in [1.165, 1.54) is 5.56 Å². The van der Waals surface area contributed by atoms with Gasteiger partial charge in [-0.25, -0.2) is 0 Å². The smallest absolute Gasteiger partial charge is 0.234 e. The lowest BCUT2D eigenvalue weighted by molar-refractivity contribution is -0.313. The Morgan fingerprint density at radius 3 is 2.56 bits per heavy atom. The summed E-state index contributed by atoms with van der Waals surface area (Å²) in [6.07, 6.45) is 3.60. The van der Waals surface area contributed by atoms with Crippen LogP contribution in [-0.2, 0) is 14.3 Å². The Kier molecular flexibility index (Phi) is 4.04. The molecule has 0 radical (unpaired) electrons. The van der Waals surface area contributed by atoms with Gasteiger partial charge in [-0.2, -0.15) is 0 Å². The number of carboxylic acid groups (broad SMARTS) is 1. The predicted molar refractivity (Wildman–Crippen MR) is 100.0 cm³/mol. The number of ether oxygens (including phenoxy) is 1. The molecule has 0 aliphatic carbocycles. The number of fused-ring (bicyclic) bond motifs is 1. The highest BCUT2D eigenvalue weighted by Crippen LogP contribution is 2.56. The summed E-state index contributed by atoms with van der Waals surface area (Å²) in [5, 5.41) is 11.8. The summed E-state index contributed by atoms with van der Waals surface area (Å²) in [7, 11) is 0. The van der Waals surface area contributed by atoms with Crippen molar-refractivity contribution in [3.8, 4) is 0 Å². The third-order valence-electron chi connectivity index (χ3n) is 6.07. The first-order valence-electron chi connectivity index (χ1n) is 9.41. The number of carboxylic acids is 1. The van der Waals surface area contributed by atoms with Crippen LogP contribution in [0.15, 0.2) is 48.6 Å². The molecule has 1 aromatic rings. The van der Waals surface area contributed by atoms with Crippen LogP contribution in [0.1, 0.15) is 38.7 Å². The Labute approximate surface area is 159 Å². The fourth-order valence-corrected chi connectivity index (χ4v) is 4.83. The molecule has 5 heteroatoms. The van der Waals surface area contributed by atoms with E-state index in [2.05, 4.69) is 20.4 Å². The van der Waals surface area contributed by atoms with Crippen molar-refractivity contribution in [2.75, 3.05) is 4.90 Å². The molecule has 1 aromatic carbocycles. The number of anilines is 1. The molecule has 4 rings (SSSR count). The third-order valence-corrected chi connectivity index (χ3v) is 6.07. The molecule has 27 heavy (non-hydrogen) atoms. The highest BCUT2D eigenvalue weighted by molar-refractivity contribution is 6.03. The number of amides is 1. The van der Waals surface area contributed by atoms with Crippen molar-refractivity contribution in [1.29, 1.82) is 0 Å². The Morgan fingerprint density at radius 1 is 1.33 bits per heavy atom. The van der Waals surface area contributed by atoms with Gasteiger partial charge < -0.3 is 19.5 Å². The number of carbonyl (C=O) groups excluding carboxylic acids is 2. The van der Waals surface area contributed by atoms with Crippen molar-refractivity contribution in [3.05, 3.63) is 54.1 Å². The predicted octanol–water partition coefficient (Wildman–Crippen LogP) is 2.18. The van der Waals surface area contributed by atoms with E-state index in [0.717, 1.165) is 11.3 Å². The molecular weight excluding hydrogens is 342 g/mol. The van der Waals surface area contributed by atoms with Crippen LogP contribution in [0.25, 0.3) is 0 Å². The zero-order valence-corrected chi connectivity index (χ0v) is 15.8. The summed E-state index contributed by atoms with van der Waals surface area (Å²) in [6.45, 7) is 10.2. The second-order valence-electron chi connectivity index (χ2n) is 8.25. The van der Waals surface area contributed by atoms with E-state index in [4.69, 9.17) is 4.74 Å². The summed E-state index contributed by atoms with van der Waals surface area (Å²) in [6, 6.07) is 7.58. The van der Waals surface area contributed by atoms with Gasteiger partial charge in [0.1, 0.15) is 5.60 Å². The summed E-state index contributed by atoms with van der Waals surface area (Å²) < 4.78 is 6.12. The van der Waals surface area contributed by atoms with Gasteiger partial charge >= 0.3 is 0 Å². The molecule has 3 heterocycles. The molecule has 5 atom stereocenters. The van der Waals surface area contributed by atoms with E-state index in [1.54, 1.807) is 11.0 Å². The molecule has 0 N–H and O–H groups in total. The van der Waals surface area contributed by atoms with Gasteiger partial charge in [-0.1, -0.05) is 43.7 Å². The fourth-order valence-electron chi connectivity index (χ4n) is 4.83. The van der Waals surface area contributed by atoms with Crippen LogP contribution in [-0.4, -0.2) is 29.6 Å². The maximum absolute atomic E-state index is 13.4. The molecule has 2 fully saturated rings. The van der Waals surface area contributed by atoms with E-state index in [1.807, 2.05) is 37.3 Å². The fraction of sp³-hybridized carbons (Fsp3) is 0.455. The Balaban J connectivity index is 1.79. The normalized spacial score (nSPS) is 33.8. The lowest BCUT2D eigenvalue weighted by atomic mass is 9.74. The van der Waals surface area contributed by atoms with Crippen LogP contribution in [0.3, 0.4) is 0 Å². The molecule has 2 saturated heterocycles. The molecule has 0 aromatic heterocycles. The van der Waals surface area contributed by atoms with Gasteiger partial charge in [0.25, 0.3) is 0 Å². The third kappa shape index (κ3) is 2.48. The molecule has 5 nitrogen and oxygen atoms in total. The van der Waals surface area contributed by atoms with Gasteiger partial charge in [-0.15, -0.1) is 6.58 Å². The van der Waals surface area contributed by atoms with Crippen molar-refractivity contribution in [2.24, 2.45) is 11.8 Å². The lowest BCUT2D eigenvalue weighted by Crippen LogP contribution is -2.46. The van der Waals surface area contributed by atoms with Gasteiger partial charge in [0.2, 0.25) is 5.91 Å². The SMILES string of the molecule is C=C(C)C[C@H]1N(c2ccc(C(C)C)cc2)C(=O)[C@H]2[C@@H](C(=O)[O-])[C@H]3C=C[C@]21O3. The number of hydrogen-bond donors (Lipinski definition) is 0. The summed E-state index contributed by atoms with van der Waals surface area (Å²) >= 11 is 0. The van der Waals surface area contributed by atoms with Crippen molar-refractivity contribution < 1.29 is 19.4 Å². The summed E-state index contributed by atoms with van der Waals surface area (Å²) in [5.74, 6) is -2.75. The zero-order chi connectivity index (χ0) is 19.5. The van der Waals surface area contributed by atoms with Crippen molar-refractivity contribution >= 4 is 17.6 Å². The molecule has 3 aliphatic heterocycles. The second-order valence-corrected chi connectivity index (χ2v) is 8.25. The Bertz CT molecular complexity index is 840. The quantitative estimate of drug-likeness (QED) is 0.749. The minimum Gasteiger partial charge on any atom is -0.550 e. The van der Waals surface area contributed by atoms with Gasteiger partial charge in [-0.05, 0) is 37.0 Å². The topological polar surface area (TPSA) is 69.7 Å². The van der Waals surface area contributed by atoms with Crippen molar-refractivity contribution in [3.63, 3.8) is 0 Å². The average Bonchev–Trinajstić information content (AvgIpc) is 3.24. The van der Waals surface area contributed by atoms with E-state index >= 15 is 0 Å². The van der Waals surface area contributed by atoms with Crippen LogP contribution in [0, 0.1) is 11.8 Å². The molecule has 0 saturated carbocycles. The maximum atomic E-state index is 13.4. The monoisotopic (exact) mass is 366 g/mol. The van der Waals surface area contributed by atoms with Gasteiger partial charge in [0, 0.05) is 17.6 Å². The number of hydrogen-bond acceptors (Lipinski definition) is 4. The van der Waals surface area contributed by atoms with E-state index in [9.17, 15) is 14.7 Å². The lowest BCUT2D eigenvalue weighted by Gasteiger charge is -2.33. The van der Waals surface area contributed by atoms with Crippen molar-refractivity contribution in [1.82, 2.24) is 0 Å². The number of benzene rings is 1. The number of aliphatic carboxylic acids is 1. The molecule has 1 spiro atoms. The first kappa shape index (κ1) is 18.0. The van der Waals surface area contributed by atoms with E-state index in [0.29, 0.717) is 12.3 Å². The summed E-state index contributed by atoms with van der Waals surface area (Å²) in [5.41, 5.74) is 1.94. The zero-order valence-electron chi connectivity index (χ0n) is 15.8. The van der Waals surface area contributed by atoms with Gasteiger partial charge in [-0.3, -0.25) is 4.79 Å². The molecule has 142 valence electrons. The van der Waals surface area contributed by atoms with E-state index < -0.39 is 29.5 Å². The highest BCUT2D eigenvalue weighted by atomic mass is 16.5.